The molecule has 0 saturated heterocycles. The molecule has 0 aliphatic carbocycles. The van der Waals surface area contributed by atoms with E-state index in [0.717, 1.165) is 6.20 Å². The predicted octanol–water partition coefficient (Wildman–Crippen LogP) is -4.52. The van der Waals surface area contributed by atoms with Crippen LogP contribution >= 0.6 is 0 Å². The number of hydrogen-bond donors (Lipinski definition) is 1. The number of carboxylic acid groups (broad SMARTS) is 1. The number of primary amides is 1. The Morgan fingerprint density at radius 1 is 1.43 bits per heavy atom. The van der Waals surface area contributed by atoms with Crippen molar-refractivity contribution in [1.82, 2.24) is 4.98 Å². The minimum atomic E-state index is -1.29. The van der Waals surface area contributed by atoms with Crippen molar-refractivity contribution in [3.8, 4) is 0 Å². The van der Waals surface area contributed by atoms with Crippen molar-refractivity contribution in [3.05, 3.63) is 29.6 Å². The van der Waals surface area contributed by atoms with Gasteiger partial charge in [-0.15, -0.1) is 0 Å². The molecule has 0 saturated carbocycles. The summed E-state index contributed by atoms with van der Waals surface area (Å²) in [5.74, 6) is -1.80. The Balaban J connectivity index is 0.00000169. The van der Waals surface area contributed by atoms with Crippen LogP contribution in [0.25, 0.3) is 0 Å². The van der Waals surface area contributed by atoms with E-state index in [0.29, 0.717) is 5.69 Å². The van der Waals surface area contributed by atoms with Gasteiger partial charge in [0.15, 0.2) is 0 Å². The Hall–Kier alpha value is -1.31. The monoisotopic (exact) mass is 186 g/mol. The van der Waals surface area contributed by atoms with Crippen LogP contribution in [0.2, 0.25) is 0 Å². The first kappa shape index (κ1) is 12.7. The summed E-state index contributed by atoms with van der Waals surface area (Å²) >= 11 is 0. The number of aromatic nitrogens is 1. The van der Waals surface area contributed by atoms with Crippen molar-refractivity contribution >= 4 is 11.9 Å². The largest absolute Gasteiger partial charge is 1.00 e. The zero-order chi connectivity index (χ0) is 9.84. The Kier molecular flexibility index (Phi) is 4.92. The van der Waals surface area contributed by atoms with Crippen LogP contribution in [-0.4, -0.2) is 16.9 Å². The van der Waals surface area contributed by atoms with Gasteiger partial charge in [-0.1, -0.05) is 0 Å². The molecule has 0 radical (unpaired) electrons. The Labute approximate surface area is 92.5 Å². The number of pyridine rings is 1. The van der Waals surface area contributed by atoms with Crippen LogP contribution in [0.4, 0.5) is 0 Å². The van der Waals surface area contributed by atoms with Crippen LogP contribution in [-0.2, 0) is 11.2 Å². The van der Waals surface area contributed by atoms with Crippen molar-refractivity contribution in [2.75, 3.05) is 0 Å². The number of amides is 1. The minimum absolute atomic E-state index is 0. The van der Waals surface area contributed by atoms with E-state index in [-0.39, 0.29) is 30.8 Å². The number of nitrogens with zero attached hydrogens (tertiary/aromatic N) is 1. The second-order valence-electron chi connectivity index (χ2n) is 2.47. The molecule has 2 N–H and O–H groups in total. The maximum Gasteiger partial charge on any atom is 1.00 e. The third kappa shape index (κ3) is 3.60. The van der Waals surface area contributed by atoms with E-state index in [1.807, 2.05) is 0 Å². The fraction of sp³-hybridized carbons (Fsp3) is 0.125. The van der Waals surface area contributed by atoms with E-state index in [1.165, 1.54) is 12.1 Å². The molecule has 0 fully saturated rings. The van der Waals surface area contributed by atoms with Crippen LogP contribution in [0, 0.1) is 0 Å². The molecule has 14 heavy (non-hydrogen) atoms. The van der Waals surface area contributed by atoms with Gasteiger partial charge in [0.25, 0.3) is 0 Å². The van der Waals surface area contributed by atoms with Gasteiger partial charge in [-0.05, 0) is 12.1 Å². The third-order valence-electron chi connectivity index (χ3n) is 1.42. The standard InChI is InChI=1S/C8H8N2O3.Li/c9-7(11)3-6-2-1-5(4-10-6)8(12)13;/h1-2,4H,3H2,(H2,9,11)(H,12,13);/q;+1/p-1. The Morgan fingerprint density at radius 2 is 2.07 bits per heavy atom. The molecule has 6 heteroatoms. The zero-order valence-corrected chi connectivity index (χ0v) is 7.69. The number of hydrogen-bond acceptors (Lipinski definition) is 4. The predicted molar refractivity (Wildman–Crippen MR) is 41.5 cm³/mol. The summed E-state index contributed by atoms with van der Waals surface area (Å²) in [5, 5.41) is 10.3. The van der Waals surface area contributed by atoms with Gasteiger partial charge in [-0.3, -0.25) is 9.78 Å². The van der Waals surface area contributed by atoms with Crippen LogP contribution in [0.15, 0.2) is 18.3 Å². The summed E-state index contributed by atoms with van der Waals surface area (Å²) in [5.41, 5.74) is 5.34. The molecule has 1 rings (SSSR count). The van der Waals surface area contributed by atoms with Gasteiger partial charge in [0.1, 0.15) is 0 Å². The molecule has 68 valence electrons. The quantitative estimate of drug-likeness (QED) is 0.481. The number of rotatable bonds is 3. The van der Waals surface area contributed by atoms with Gasteiger partial charge in [0, 0.05) is 17.5 Å². The van der Waals surface area contributed by atoms with Gasteiger partial charge in [0.2, 0.25) is 5.91 Å². The normalized spacial score (nSPS) is 8.86. The van der Waals surface area contributed by atoms with Crippen molar-refractivity contribution in [2.45, 2.75) is 6.42 Å². The van der Waals surface area contributed by atoms with Crippen molar-refractivity contribution in [3.63, 3.8) is 0 Å². The van der Waals surface area contributed by atoms with Crippen molar-refractivity contribution in [2.24, 2.45) is 5.73 Å². The molecule has 0 bridgehead atoms. The third-order valence-corrected chi connectivity index (χ3v) is 1.42. The summed E-state index contributed by atoms with van der Waals surface area (Å²) in [6.45, 7) is 0. The maximum absolute atomic E-state index is 10.4. The molecule has 1 aromatic heterocycles. The van der Waals surface area contributed by atoms with Gasteiger partial charge >= 0.3 is 18.9 Å². The first-order valence-corrected chi connectivity index (χ1v) is 3.54. The van der Waals surface area contributed by atoms with E-state index in [1.54, 1.807) is 0 Å². The van der Waals surface area contributed by atoms with Crippen LogP contribution < -0.4 is 29.7 Å². The maximum atomic E-state index is 10.4. The smallest absolute Gasteiger partial charge is 0.545 e. The van der Waals surface area contributed by atoms with E-state index in [2.05, 4.69) is 4.98 Å². The zero-order valence-electron chi connectivity index (χ0n) is 7.69. The number of aromatic carboxylic acids is 1. The summed E-state index contributed by atoms with van der Waals surface area (Å²) < 4.78 is 0. The van der Waals surface area contributed by atoms with Crippen molar-refractivity contribution < 1.29 is 33.6 Å². The average molecular weight is 186 g/mol. The molecule has 0 atom stereocenters. The molecule has 5 nitrogen and oxygen atoms in total. The van der Waals surface area contributed by atoms with E-state index < -0.39 is 11.9 Å². The molecule has 0 aliphatic rings. The molecular weight excluding hydrogens is 179 g/mol. The van der Waals surface area contributed by atoms with Gasteiger partial charge < -0.3 is 15.6 Å². The molecular formula is C8H7LiN2O3. The van der Waals surface area contributed by atoms with E-state index in [9.17, 15) is 14.7 Å². The summed E-state index contributed by atoms with van der Waals surface area (Å²) in [6, 6.07) is 2.75. The summed E-state index contributed by atoms with van der Waals surface area (Å²) in [7, 11) is 0. The fourth-order valence-electron chi connectivity index (χ4n) is 0.828. The average Bonchev–Trinajstić information content (AvgIpc) is 2.04. The van der Waals surface area contributed by atoms with Crippen LogP contribution in [0.3, 0.4) is 0 Å². The van der Waals surface area contributed by atoms with Gasteiger partial charge in [-0.25, -0.2) is 0 Å². The molecule has 1 aromatic rings. The number of carboxylic acids is 1. The topological polar surface area (TPSA) is 96.1 Å². The minimum Gasteiger partial charge on any atom is -0.545 e. The number of carbonyl (C=O) groups excluding carboxylic acids is 2. The van der Waals surface area contributed by atoms with Crippen LogP contribution in [0.1, 0.15) is 16.1 Å². The van der Waals surface area contributed by atoms with Crippen molar-refractivity contribution in [1.29, 1.82) is 0 Å². The second kappa shape index (κ2) is 5.42. The summed E-state index contributed by atoms with van der Waals surface area (Å²) in [6.07, 6.45) is 1.14. The number of nitrogens with two attached hydrogens (primary N) is 1. The SMILES string of the molecule is NC(=O)Cc1ccc(C(=O)[O-])cn1.[Li+]. The number of carbonyl (C=O) groups is 2. The summed E-state index contributed by atoms with van der Waals surface area (Å²) in [4.78, 5) is 24.5. The molecule has 0 aliphatic heterocycles. The molecule has 1 amide bonds. The second-order valence-corrected chi connectivity index (χ2v) is 2.47. The molecule has 0 aromatic carbocycles. The van der Waals surface area contributed by atoms with E-state index in [4.69, 9.17) is 5.73 Å². The fourth-order valence-corrected chi connectivity index (χ4v) is 0.828. The molecule has 1 heterocycles. The van der Waals surface area contributed by atoms with E-state index >= 15 is 0 Å². The van der Waals surface area contributed by atoms with Crippen LogP contribution in [0.5, 0.6) is 0 Å². The molecule has 0 spiro atoms. The Morgan fingerprint density at radius 3 is 2.43 bits per heavy atom. The van der Waals surface area contributed by atoms with Gasteiger partial charge in [-0.2, -0.15) is 0 Å². The van der Waals surface area contributed by atoms with Gasteiger partial charge in [0.05, 0.1) is 12.4 Å². The molecule has 0 unspecified atom stereocenters. The first-order valence-electron chi connectivity index (χ1n) is 3.54. The Bertz CT molecular complexity index is 337. The first-order chi connectivity index (χ1) is 6.09.